The second-order valence-corrected chi connectivity index (χ2v) is 3.22. The van der Waals surface area contributed by atoms with E-state index in [0.29, 0.717) is 12.2 Å². The Bertz CT molecular complexity index is 366. The second kappa shape index (κ2) is 4.89. The van der Waals surface area contributed by atoms with Crippen LogP contribution in [-0.4, -0.2) is 18.9 Å². The van der Waals surface area contributed by atoms with E-state index < -0.39 is 11.9 Å². The molecule has 2 N–H and O–H groups in total. The van der Waals surface area contributed by atoms with E-state index in [1.165, 1.54) is 19.2 Å². The zero-order valence-corrected chi connectivity index (χ0v) is 8.79. The highest BCUT2D eigenvalue weighted by Gasteiger charge is 2.17. The first-order valence-electron chi connectivity index (χ1n) is 4.73. The van der Waals surface area contributed by atoms with Gasteiger partial charge in [0.2, 0.25) is 0 Å². The summed E-state index contributed by atoms with van der Waals surface area (Å²) in [7, 11) is 1.44. The van der Waals surface area contributed by atoms with Gasteiger partial charge in [-0.2, -0.15) is 0 Å². The molecule has 1 unspecified atom stereocenters. The maximum absolute atomic E-state index is 13.4. The summed E-state index contributed by atoms with van der Waals surface area (Å²) in [6.07, 6.45) is 0.490. The summed E-state index contributed by atoms with van der Waals surface area (Å²) in [5.74, 6) is -0.588. The smallest absolute Gasteiger partial charge is 0.182 e. The Hall–Kier alpha value is -1.42. The molecular weight excluding hydrogens is 197 g/mol. The van der Waals surface area contributed by atoms with Crippen molar-refractivity contribution in [2.24, 2.45) is 5.73 Å². The van der Waals surface area contributed by atoms with Crippen LogP contribution in [0.4, 0.5) is 4.39 Å². The summed E-state index contributed by atoms with van der Waals surface area (Å²) >= 11 is 0. The predicted octanol–water partition coefficient (Wildman–Crippen LogP) is 1.75. The van der Waals surface area contributed by atoms with Gasteiger partial charge in [-0.25, -0.2) is 4.39 Å². The first kappa shape index (κ1) is 11.7. The molecule has 1 aromatic rings. The van der Waals surface area contributed by atoms with Crippen molar-refractivity contribution in [3.8, 4) is 5.75 Å². The summed E-state index contributed by atoms with van der Waals surface area (Å²) < 4.78 is 18.3. The number of benzene rings is 1. The highest BCUT2D eigenvalue weighted by molar-refractivity contribution is 6.00. The third-order valence-electron chi connectivity index (χ3n) is 2.22. The van der Waals surface area contributed by atoms with Gasteiger partial charge in [-0.15, -0.1) is 0 Å². The van der Waals surface area contributed by atoms with Crippen LogP contribution in [0.15, 0.2) is 18.2 Å². The average Bonchev–Trinajstić information content (AvgIpc) is 2.26. The zero-order chi connectivity index (χ0) is 11.4. The SMILES string of the molecule is CCC(N)C(=O)c1ccc(OC)cc1F. The molecule has 0 aromatic heterocycles. The number of hydrogen-bond donors (Lipinski definition) is 1. The number of methoxy groups -OCH3 is 1. The Morgan fingerprint density at radius 2 is 2.27 bits per heavy atom. The van der Waals surface area contributed by atoms with Gasteiger partial charge in [0.1, 0.15) is 11.6 Å². The summed E-state index contributed by atoms with van der Waals surface area (Å²) in [6, 6.07) is 3.47. The molecule has 3 nitrogen and oxygen atoms in total. The molecule has 0 heterocycles. The number of ketones is 1. The van der Waals surface area contributed by atoms with Crippen molar-refractivity contribution in [3.63, 3.8) is 0 Å². The molecule has 0 saturated heterocycles. The van der Waals surface area contributed by atoms with E-state index >= 15 is 0 Å². The Balaban J connectivity index is 3.00. The minimum absolute atomic E-state index is 0.0187. The fourth-order valence-corrected chi connectivity index (χ4v) is 1.21. The average molecular weight is 211 g/mol. The maximum Gasteiger partial charge on any atom is 0.182 e. The molecule has 15 heavy (non-hydrogen) atoms. The van der Waals surface area contributed by atoms with Crippen LogP contribution in [0.3, 0.4) is 0 Å². The van der Waals surface area contributed by atoms with Gasteiger partial charge >= 0.3 is 0 Å². The number of nitrogens with two attached hydrogens (primary N) is 1. The predicted molar refractivity (Wildman–Crippen MR) is 55.5 cm³/mol. The molecule has 0 aliphatic heterocycles. The molecule has 4 heteroatoms. The number of Topliss-reactive ketones (excluding diaryl/α,β-unsaturated/α-hetero) is 1. The first-order valence-corrected chi connectivity index (χ1v) is 4.73. The molecule has 0 spiro atoms. The van der Waals surface area contributed by atoms with Crippen LogP contribution in [0.1, 0.15) is 23.7 Å². The lowest BCUT2D eigenvalue weighted by atomic mass is 10.0. The number of rotatable bonds is 4. The summed E-state index contributed by atoms with van der Waals surface area (Å²) in [5, 5.41) is 0. The minimum atomic E-state index is -0.645. The van der Waals surface area contributed by atoms with Crippen molar-refractivity contribution in [2.75, 3.05) is 7.11 Å². The van der Waals surface area contributed by atoms with E-state index in [4.69, 9.17) is 10.5 Å². The third-order valence-corrected chi connectivity index (χ3v) is 2.22. The molecule has 0 bridgehead atoms. The van der Waals surface area contributed by atoms with Crippen LogP contribution >= 0.6 is 0 Å². The molecule has 0 radical (unpaired) electrons. The highest BCUT2D eigenvalue weighted by Crippen LogP contribution is 2.17. The maximum atomic E-state index is 13.4. The molecule has 0 fully saturated rings. The molecule has 1 atom stereocenters. The third kappa shape index (κ3) is 2.53. The fraction of sp³-hybridized carbons (Fsp3) is 0.364. The van der Waals surface area contributed by atoms with Gasteiger partial charge in [0.25, 0.3) is 0 Å². The van der Waals surface area contributed by atoms with Crippen LogP contribution in [0.25, 0.3) is 0 Å². The Kier molecular flexibility index (Phi) is 3.80. The zero-order valence-electron chi connectivity index (χ0n) is 8.79. The normalized spacial score (nSPS) is 12.3. The fourth-order valence-electron chi connectivity index (χ4n) is 1.21. The van der Waals surface area contributed by atoms with E-state index in [1.54, 1.807) is 13.0 Å². The molecular formula is C11H14FNO2. The molecule has 1 rings (SSSR count). The lowest BCUT2D eigenvalue weighted by Crippen LogP contribution is -2.30. The van der Waals surface area contributed by atoms with Crippen molar-refractivity contribution in [1.29, 1.82) is 0 Å². The summed E-state index contributed by atoms with van der Waals surface area (Å²) in [6.45, 7) is 1.78. The van der Waals surface area contributed by atoms with Crippen LogP contribution in [-0.2, 0) is 0 Å². The molecule has 1 aromatic carbocycles. The highest BCUT2D eigenvalue weighted by atomic mass is 19.1. The summed E-state index contributed by atoms with van der Waals surface area (Å²) in [4.78, 5) is 11.6. The van der Waals surface area contributed by atoms with E-state index in [9.17, 15) is 9.18 Å². The number of ether oxygens (including phenoxy) is 1. The number of carbonyl (C=O) groups is 1. The van der Waals surface area contributed by atoms with E-state index in [1.807, 2.05) is 0 Å². The van der Waals surface area contributed by atoms with Crippen molar-refractivity contribution in [3.05, 3.63) is 29.6 Å². The number of halogens is 1. The van der Waals surface area contributed by atoms with Gasteiger partial charge in [-0.3, -0.25) is 4.79 Å². The topological polar surface area (TPSA) is 52.3 Å². The van der Waals surface area contributed by atoms with Crippen LogP contribution < -0.4 is 10.5 Å². The van der Waals surface area contributed by atoms with Crippen LogP contribution in [0, 0.1) is 5.82 Å². The van der Waals surface area contributed by atoms with Crippen molar-refractivity contribution >= 4 is 5.78 Å². The van der Waals surface area contributed by atoms with Gasteiger partial charge in [-0.05, 0) is 18.6 Å². The van der Waals surface area contributed by atoms with Gasteiger partial charge < -0.3 is 10.5 Å². The van der Waals surface area contributed by atoms with E-state index in [-0.39, 0.29) is 11.3 Å². The molecule has 0 aliphatic rings. The quantitative estimate of drug-likeness (QED) is 0.772. The minimum Gasteiger partial charge on any atom is -0.497 e. The molecule has 0 aliphatic carbocycles. The Labute approximate surface area is 88.0 Å². The van der Waals surface area contributed by atoms with E-state index in [2.05, 4.69) is 0 Å². The summed E-state index contributed by atoms with van der Waals surface area (Å²) in [5.41, 5.74) is 5.56. The van der Waals surface area contributed by atoms with Crippen LogP contribution in [0.2, 0.25) is 0 Å². The van der Waals surface area contributed by atoms with Crippen LogP contribution in [0.5, 0.6) is 5.75 Å². The van der Waals surface area contributed by atoms with Gasteiger partial charge in [0.15, 0.2) is 5.78 Å². The molecule has 0 amide bonds. The lowest BCUT2D eigenvalue weighted by Gasteiger charge is -2.09. The van der Waals surface area contributed by atoms with Gasteiger partial charge in [0, 0.05) is 6.07 Å². The molecule has 0 saturated carbocycles. The standard InChI is InChI=1S/C11H14FNO2/c1-3-10(13)11(14)8-5-4-7(15-2)6-9(8)12/h4-6,10H,3,13H2,1-2H3. The largest absolute Gasteiger partial charge is 0.497 e. The number of carbonyl (C=O) groups excluding carboxylic acids is 1. The van der Waals surface area contributed by atoms with Crippen molar-refractivity contribution in [2.45, 2.75) is 19.4 Å². The Morgan fingerprint density at radius 1 is 1.60 bits per heavy atom. The van der Waals surface area contributed by atoms with E-state index in [0.717, 1.165) is 0 Å². The Morgan fingerprint density at radius 3 is 2.73 bits per heavy atom. The van der Waals surface area contributed by atoms with Crippen molar-refractivity contribution < 1.29 is 13.9 Å². The monoisotopic (exact) mass is 211 g/mol. The number of hydrogen-bond acceptors (Lipinski definition) is 3. The lowest BCUT2D eigenvalue weighted by molar-refractivity contribution is 0.0955. The molecule has 82 valence electrons. The first-order chi connectivity index (χ1) is 7.10. The van der Waals surface area contributed by atoms with Gasteiger partial charge in [0.05, 0.1) is 18.7 Å². The second-order valence-electron chi connectivity index (χ2n) is 3.22. The van der Waals surface area contributed by atoms with Gasteiger partial charge in [-0.1, -0.05) is 6.92 Å². The van der Waals surface area contributed by atoms with Crippen molar-refractivity contribution in [1.82, 2.24) is 0 Å².